The Kier molecular flexibility index (Phi) is 4.82. The van der Waals surface area contributed by atoms with Gasteiger partial charge in [0.25, 0.3) is 0 Å². The highest BCUT2D eigenvalue weighted by Gasteiger charge is 2.21. The predicted molar refractivity (Wildman–Crippen MR) is 89.5 cm³/mol. The number of hydrogen-bond donors (Lipinski definition) is 1. The van der Waals surface area contributed by atoms with E-state index >= 15 is 0 Å². The zero-order valence-electron chi connectivity index (χ0n) is 13.5. The minimum atomic E-state index is -0.359. The molecule has 1 aromatic heterocycles. The average molecular weight is 313 g/mol. The van der Waals surface area contributed by atoms with E-state index in [4.69, 9.17) is 4.42 Å². The third-order valence-electron chi connectivity index (χ3n) is 4.56. The minimum Gasteiger partial charge on any atom is -0.502 e. The summed E-state index contributed by atoms with van der Waals surface area (Å²) in [6, 6.07) is 11.9. The second-order valence-corrected chi connectivity index (χ2v) is 6.40. The standard InChI is InChI=1S/C19H23NO3/c1-14-11-17(21)19(22)18(23-14)13-20-9-7-16(8-10-20)12-15-5-3-2-4-6-15/h2-6,11,16,22H,7-10,12-13H2,1H3. The molecule has 0 amide bonds. The maximum Gasteiger partial charge on any atom is 0.227 e. The van der Waals surface area contributed by atoms with Gasteiger partial charge < -0.3 is 9.52 Å². The van der Waals surface area contributed by atoms with Gasteiger partial charge in [0.05, 0.1) is 6.54 Å². The van der Waals surface area contributed by atoms with E-state index in [1.165, 1.54) is 11.6 Å². The number of piperidine rings is 1. The van der Waals surface area contributed by atoms with Crippen LogP contribution in [0, 0.1) is 12.8 Å². The number of rotatable bonds is 4. The van der Waals surface area contributed by atoms with Gasteiger partial charge in [-0.05, 0) is 50.8 Å². The highest BCUT2D eigenvalue weighted by atomic mass is 16.4. The van der Waals surface area contributed by atoms with E-state index in [-0.39, 0.29) is 11.2 Å². The third kappa shape index (κ3) is 4.02. The van der Waals surface area contributed by atoms with E-state index in [2.05, 4.69) is 29.2 Å². The number of aryl methyl sites for hydroxylation is 1. The van der Waals surface area contributed by atoms with Gasteiger partial charge in [0.2, 0.25) is 11.2 Å². The first kappa shape index (κ1) is 15.8. The molecule has 0 saturated carbocycles. The Morgan fingerprint density at radius 3 is 2.61 bits per heavy atom. The zero-order valence-corrected chi connectivity index (χ0v) is 13.5. The van der Waals surface area contributed by atoms with Crippen molar-refractivity contribution in [2.45, 2.75) is 32.7 Å². The Morgan fingerprint density at radius 2 is 1.91 bits per heavy atom. The predicted octanol–water partition coefficient (Wildman–Crippen LogP) is 3.11. The third-order valence-corrected chi connectivity index (χ3v) is 4.56. The second-order valence-electron chi connectivity index (χ2n) is 6.40. The summed E-state index contributed by atoms with van der Waals surface area (Å²) < 4.78 is 5.52. The molecule has 4 heteroatoms. The van der Waals surface area contributed by atoms with E-state index in [0.29, 0.717) is 24.0 Å². The smallest absolute Gasteiger partial charge is 0.227 e. The van der Waals surface area contributed by atoms with Gasteiger partial charge in [-0.3, -0.25) is 9.69 Å². The number of likely N-dealkylation sites (tertiary alicyclic amines) is 1. The lowest BCUT2D eigenvalue weighted by atomic mass is 9.90. The summed E-state index contributed by atoms with van der Waals surface area (Å²) in [6.45, 7) is 4.17. The summed E-state index contributed by atoms with van der Waals surface area (Å²) in [6.07, 6.45) is 3.39. The largest absolute Gasteiger partial charge is 0.502 e. The molecule has 122 valence electrons. The first-order valence-corrected chi connectivity index (χ1v) is 8.20. The molecule has 0 atom stereocenters. The van der Waals surface area contributed by atoms with Crippen LogP contribution in [-0.2, 0) is 13.0 Å². The molecule has 23 heavy (non-hydrogen) atoms. The molecule has 0 aliphatic carbocycles. The lowest BCUT2D eigenvalue weighted by Crippen LogP contribution is -2.34. The molecule has 2 heterocycles. The van der Waals surface area contributed by atoms with Crippen molar-refractivity contribution in [3.63, 3.8) is 0 Å². The van der Waals surface area contributed by atoms with Gasteiger partial charge in [-0.25, -0.2) is 0 Å². The highest BCUT2D eigenvalue weighted by molar-refractivity contribution is 5.24. The van der Waals surface area contributed by atoms with Gasteiger partial charge in [0, 0.05) is 6.07 Å². The van der Waals surface area contributed by atoms with Crippen molar-refractivity contribution in [3.8, 4) is 5.75 Å². The SMILES string of the molecule is Cc1cc(=O)c(O)c(CN2CCC(Cc3ccccc3)CC2)o1. The molecule has 2 aromatic rings. The summed E-state index contributed by atoms with van der Waals surface area (Å²) in [7, 11) is 0. The molecular weight excluding hydrogens is 290 g/mol. The molecule has 1 N–H and O–H groups in total. The number of benzene rings is 1. The molecule has 0 radical (unpaired) electrons. The highest BCUT2D eigenvalue weighted by Crippen LogP contribution is 2.24. The number of aromatic hydroxyl groups is 1. The number of hydrogen-bond acceptors (Lipinski definition) is 4. The van der Waals surface area contributed by atoms with E-state index in [0.717, 1.165) is 32.4 Å². The molecule has 1 aliphatic heterocycles. The van der Waals surface area contributed by atoms with E-state index < -0.39 is 0 Å². The van der Waals surface area contributed by atoms with Crippen LogP contribution >= 0.6 is 0 Å². The molecule has 3 rings (SSSR count). The molecule has 1 fully saturated rings. The van der Waals surface area contributed by atoms with Crippen LogP contribution in [0.2, 0.25) is 0 Å². The molecule has 0 bridgehead atoms. The second kappa shape index (κ2) is 7.01. The monoisotopic (exact) mass is 313 g/mol. The van der Waals surface area contributed by atoms with Crippen molar-refractivity contribution >= 4 is 0 Å². The van der Waals surface area contributed by atoms with Crippen LogP contribution in [0.3, 0.4) is 0 Å². The first-order valence-electron chi connectivity index (χ1n) is 8.20. The van der Waals surface area contributed by atoms with Crippen LogP contribution in [0.25, 0.3) is 0 Å². The molecule has 4 nitrogen and oxygen atoms in total. The zero-order chi connectivity index (χ0) is 16.2. The lowest BCUT2D eigenvalue weighted by molar-refractivity contribution is 0.161. The van der Waals surface area contributed by atoms with Crippen molar-refractivity contribution < 1.29 is 9.52 Å². The fourth-order valence-corrected chi connectivity index (χ4v) is 3.27. The van der Waals surface area contributed by atoms with Crippen LogP contribution in [0.4, 0.5) is 0 Å². The Labute approximate surface area is 136 Å². The Balaban J connectivity index is 1.56. The van der Waals surface area contributed by atoms with Crippen molar-refractivity contribution in [3.05, 3.63) is 63.7 Å². The van der Waals surface area contributed by atoms with Gasteiger partial charge in [-0.1, -0.05) is 30.3 Å². The summed E-state index contributed by atoms with van der Waals surface area (Å²) in [5.74, 6) is 1.38. The molecule has 1 aromatic carbocycles. The van der Waals surface area contributed by atoms with Crippen molar-refractivity contribution in [2.75, 3.05) is 13.1 Å². The molecule has 1 saturated heterocycles. The minimum absolute atomic E-state index is 0.248. The Morgan fingerprint density at radius 1 is 1.22 bits per heavy atom. The van der Waals surface area contributed by atoms with E-state index in [1.54, 1.807) is 6.92 Å². The first-order chi connectivity index (χ1) is 11.1. The van der Waals surface area contributed by atoms with Gasteiger partial charge in [-0.15, -0.1) is 0 Å². The van der Waals surface area contributed by atoms with Gasteiger partial charge in [0.15, 0.2) is 5.76 Å². The maximum atomic E-state index is 11.6. The van der Waals surface area contributed by atoms with Gasteiger partial charge in [-0.2, -0.15) is 0 Å². The quantitative estimate of drug-likeness (QED) is 0.942. The normalized spacial score (nSPS) is 16.6. The summed E-state index contributed by atoms with van der Waals surface area (Å²) in [5, 5.41) is 9.87. The number of nitrogens with zero attached hydrogens (tertiary/aromatic N) is 1. The van der Waals surface area contributed by atoms with Crippen molar-refractivity contribution in [1.29, 1.82) is 0 Å². The summed E-state index contributed by atoms with van der Waals surface area (Å²) >= 11 is 0. The van der Waals surface area contributed by atoms with Crippen molar-refractivity contribution in [2.24, 2.45) is 5.92 Å². The fraction of sp³-hybridized carbons (Fsp3) is 0.421. The Hall–Kier alpha value is -2.07. The van der Waals surface area contributed by atoms with Gasteiger partial charge >= 0.3 is 0 Å². The fourth-order valence-electron chi connectivity index (χ4n) is 3.27. The van der Waals surface area contributed by atoms with Crippen LogP contribution in [0.5, 0.6) is 5.75 Å². The van der Waals surface area contributed by atoms with Crippen LogP contribution in [0.15, 0.2) is 45.6 Å². The summed E-state index contributed by atoms with van der Waals surface area (Å²) in [4.78, 5) is 13.9. The van der Waals surface area contributed by atoms with Crippen LogP contribution in [0.1, 0.15) is 29.9 Å². The van der Waals surface area contributed by atoms with Crippen LogP contribution in [-0.4, -0.2) is 23.1 Å². The Bertz CT molecular complexity index is 700. The average Bonchev–Trinajstić information content (AvgIpc) is 2.55. The van der Waals surface area contributed by atoms with Crippen LogP contribution < -0.4 is 5.43 Å². The molecule has 0 unspecified atom stereocenters. The maximum absolute atomic E-state index is 11.6. The van der Waals surface area contributed by atoms with E-state index in [1.807, 2.05) is 6.07 Å². The van der Waals surface area contributed by atoms with E-state index in [9.17, 15) is 9.90 Å². The molecule has 1 aliphatic rings. The lowest BCUT2D eigenvalue weighted by Gasteiger charge is -2.31. The molecule has 0 spiro atoms. The molecular formula is C19H23NO3. The van der Waals surface area contributed by atoms with Gasteiger partial charge in [0.1, 0.15) is 5.76 Å². The summed E-state index contributed by atoms with van der Waals surface area (Å²) in [5.41, 5.74) is 1.04. The topological polar surface area (TPSA) is 53.7 Å². The van der Waals surface area contributed by atoms with Crippen molar-refractivity contribution in [1.82, 2.24) is 4.90 Å².